The molecular formula is C15H15BrFN3O. The van der Waals surface area contributed by atoms with Gasteiger partial charge in [-0.3, -0.25) is 4.79 Å². The van der Waals surface area contributed by atoms with E-state index in [4.69, 9.17) is 0 Å². The number of halogens is 2. The summed E-state index contributed by atoms with van der Waals surface area (Å²) in [7, 11) is 0. The molecule has 0 atom stereocenters. The number of nitrogens with zero attached hydrogens (tertiary/aromatic N) is 1. The van der Waals surface area contributed by atoms with Gasteiger partial charge in [0.1, 0.15) is 11.6 Å². The van der Waals surface area contributed by atoms with Gasteiger partial charge in [0, 0.05) is 24.0 Å². The van der Waals surface area contributed by atoms with Crippen molar-refractivity contribution in [2.45, 2.75) is 13.3 Å². The minimum Gasteiger partial charge on any atom is -0.370 e. The van der Waals surface area contributed by atoms with Gasteiger partial charge in [0.15, 0.2) is 0 Å². The predicted molar refractivity (Wildman–Crippen MR) is 85.1 cm³/mol. The molecule has 21 heavy (non-hydrogen) atoms. The van der Waals surface area contributed by atoms with Crippen molar-refractivity contribution in [3.63, 3.8) is 0 Å². The largest absolute Gasteiger partial charge is 0.370 e. The van der Waals surface area contributed by atoms with E-state index in [1.165, 1.54) is 6.07 Å². The van der Waals surface area contributed by atoms with Crippen molar-refractivity contribution in [1.29, 1.82) is 0 Å². The van der Waals surface area contributed by atoms with Gasteiger partial charge in [-0.2, -0.15) is 0 Å². The van der Waals surface area contributed by atoms with Crippen LogP contribution < -0.4 is 10.6 Å². The molecule has 0 spiro atoms. The second-order valence-electron chi connectivity index (χ2n) is 4.44. The zero-order chi connectivity index (χ0) is 15.2. The van der Waals surface area contributed by atoms with Crippen LogP contribution >= 0.6 is 15.9 Å². The first-order valence-electron chi connectivity index (χ1n) is 6.56. The van der Waals surface area contributed by atoms with Gasteiger partial charge in [-0.05, 0) is 52.7 Å². The van der Waals surface area contributed by atoms with Crippen LogP contribution in [-0.4, -0.2) is 17.4 Å². The fourth-order valence-electron chi connectivity index (χ4n) is 1.70. The molecule has 0 aliphatic rings. The molecule has 2 aromatic rings. The van der Waals surface area contributed by atoms with Gasteiger partial charge in [-0.25, -0.2) is 9.37 Å². The highest BCUT2D eigenvalue weighted by Crippen LogP contribution is 2.20. The highest BCUT2D eigenvalue weighted by molar-refractivity contribution is 9.10. The number of aromatic nitrogens is 1. The normalized spacial score (nSPS) is 10.2. The standard InChI is InChI=1S/C15H15BrFN3O/c1-2-6-18-14-8-10(5-7-19-14)15(21)20-11-3-4-12(16)13(17)9-11/h3-5,7-9H,2,6H2,1H3,(H,18,19)(H,20,21). The maximum absolute atomic E-state index is 13.4. The zero-order valence-corrected chi connectivity index (χ0v) is 13.1. The minimum atomic E-state index is -0.423. The second kappa shape index (κ2) is 7.17. The number of hydrogen-bond donors (Lipinski definition) is 2. The summed E-state index contributed by atoms with van der Waals surface area (Å²) in [6.07, 6.45) is 2.53. The van der Waals surface area contributed by atoms with Gasteiger partial charge in [0.2, 0.25) is 0 Å². The molecule has 0 unspecified atom stereocenters. The molecule has 1 heterocycles. The van der Waals surface area contributed by atoms with E-state index in [1.807, 2.05) is 6.92 Å². The number of carbonyl (C=O) groups excluding carboxylic acids is 1. The zero-order valence-electron chi connectivity index (χ0n) is 11.5. The van der Waals surface area contributed by atoms with Gasteiger partial charge in [0.05, 0.1) is 4.47 Å². The third-order valence-corrected chi connectivity index (χ3v) is 3.40. The molecule has 110 valence electrons. The lowest BCUT2D eigenvalue weighted by Crippen LogP contribution is -2.13. The molecule has 2 N–H and O–H groups in total. The number of carbonyl (C=O) groups is 1. The molecule has 2 rings (SSSR count). The number of nitrogens with one attached hydrogen (secondary N) is 2. The fourth-order valence-corrected chi connectivity index (χ4v) is 1.95. The van der Waals surface area contributed by atoms with E-state index in [1.54, 1.807) is 30.5 Å². The quantitative estimate of drug-likeness (QED) is 0.853. The lowest BCUT2D eigenvalue weighted by atomic mass is 10.2. The van der Waals surface area contributed by atoms with Crippen LogP contribution in [0.25, 0.3) is 0 Å². The monoisotopic (exact) mass is 351 g/mol. The van der Waals surface area contributed by atoms with Crippen LogP contribution in [-0.2, 0) is 0 Å². The van der Waals surface area contributed by atoms with Crippen LogP contribution in [0, 0.1) is 5.82 Å². The molecule has 0 bridgehead atoms. The second-order valence-corrected chi connectivity index (χ2v) is 5.29. The smallest absolute Gasteiger partial charge is 0.255 e. The lowest BCUT2D eigenvalue weighted by molar-refractivity contribution is 0.102. The Morgan fingerprint density at radius 2 is 2.14 bits per heavy atom. The summed E-state index contributed by atoms with van der Waals surface area (Å²) in [6.45, 7) is 2.83. The van der Waals surface area contributed by atoms with E-state index >= 15 is 0 Å². The van der Waals surface area contributed by atoms with Crippen molar-refractivity contribution in [2.24, 2.45) is 0 Å². The van der Waals surface area contributed by atoms with Gasteiger partial charge in [-0.15, -0.1) is 0 Å². The third kappa shape index (κ3) is 4.26. The van der Waals surface area contributed by atoms with Gasteiger partial charge < -0.3 is 10.6 Å². The maximum atomic E-state index is 13.4. The number of hydrogen-bond acceptors (Lipinski definition) is 3. The lowest BCUT2D eigenvalue weighted by Gasteiger charge is -2.08. The Bertz CT molecular complexity index is 649. The van der Waals surface area contributed by atoms with Crippen LogP contribution in [0.3, 0.4) is 0 Å². The SMILES string of the molecule is CCCNc1cc(C(=O)Nc2ccc(Br)c(F)c2)ccn1. The predicted octanol–water partition coefficient (Wildman–Crippen LogP) is 4.06. The number of rotatable bonds is 5. The van der Waals surface area contributed by atoms with Crippen LogP contribution in [0.2, 0.25) is 0 Å². The van der Waals surface area contributed by atoms with E-state index in [-0.39, 0.29) is 5.91 Å². The molecule has 0 saturated heterocycles. The highest BCUT2D eigenvalue weighted by atomic mass is 79.9. The average Bonchev–Trinajstić information content (AvgIpc) is 2.49. The van der Waals surface area contributed by atoms with Crippen LogP contribution in [0.15, 0.2) is 41.0 Å². The summed E-state index contributed by atoms with van der Waals surface area (Å²) < 4.78 is 13.8. The van der Waals surface area contributed by atoms with E-state index < -0.39 is 5.82 Å². The molecule has 4 nitrogen and oxygen atoms in total. The summed E-state index contributed by atoms with van der Waals surface area (Å²) >= 11 is 3.07. The molecule has 0 fully saturated rings. The third-order valence-electron chi connectivity index (χ3n) is 2.76. The Morgan fingerprint density at radius 3 is 2.86 bits per heavy atom. The molecular weight excluding hydrogens is 337 g/mol. The van der Waals surface area contributed by atoms with Crippen molar-refractivity contribution in [3.05, 3.63) is 52.4 Å². The van der Waals surface area contributed by atoms with Crippen molar-refractivity contribution in [3.8, 4) is 0 Å². The van der Waals surface area contributed by atoms with Gasteiger partial charge in [-0.1, -0.05) is 6.92 Å². The summed E-state index contributed by atoms with van der Waals surface area (Å²) in [4.78, 5) is 16.3. The van der Waals surface area contributed by atoms with E-state index in [2.05, 4.69) is 31.5 Å². The first-order valence-corrected chi connectivity index (χ1v) is 7.35. The first-order chi connectivity index (χ1) is 10.1. The summed E-state index contributed by atoms with van der Waals surface area (Å²) in [5.74, 6) is -0.0852. The van der Waals surface area contributed by atoms with E-state index in [0.717, 1.165) is 13.0 Å². The Morgan fingerprint density at radius 1 is 1.33 bits per heavy atom. The van der Waals surface area contributed by atoms with Gasteiger partial charge in [0.25, 0.3) is 5.91 Å². The fraction of sp³-hybridized carbons (Fsp3) is 0.200. The maximum Gasteiger partial charge on any atom is 0.255 e. The Balaban J connectivity index is 2.10. The molecule has 0 radical (unpaired) electrons. The molecule has 1 aromatic heterocycles. The summed E-state index contributed by atoms with van der Waals surface area (Å²) in [5, 5.41) is 5.77. The Hall–Kier alpha value is -1.95. The number of anilines is 2. The first kappa shape index (κ1) is 15.4. The van der Waals surface area contributed by atoms with Crippen molar-refractivity contribution >= 4 is 33.3 Å². The van der Waals surface area contributed by atoms with Crippen molar-refractivity contribution in [1.82, 2.24) is 4.98 Å². The molecule has 6 heteroatoms. The molecule has 0 saturated carbocycles. The number of amides is 1. The van der Waals surface area contributed by atoms with Crippen molar-refractivity contribution < 1.29 is 9.18 Å². The molecule has 1 amide bonds. The highest BCUT2D eigenvalue weighted by Gasteiger charge is 2.09. The molecule has 1 aromatic carbocycles. The van der Waals surface area contributed by atoms with Gasteiger partial charge >= 0.3 is 0 Å². The van der Waals surface area contributed by atoms with Crippen molar-refractivity contribution in [2.75, 3.05) is 17.2 Å². The average molecular weight is 352 g/mol. The molecule has 0 aliphatic heterocycles. The van der Waals surface area contributed by atoms with Crippen LogP contribution in [0.1, 0.15) is 23.7 Å². The number of benzene rings is 1. The number of pyridine rings is 1. The Labute approximate surface area is 130 Å². The molecule has 0 aliphatic carbocycles. The van der Waals surface area contributed by atoms with E-state index in [0.29, 0.717) is 21.5 Å². The summed E-state index contributed by atoms with van der Waals surface area (Å²) in [5.41, 5.74) is 0.868. The minimum absolute atomic E-state index is 0.307. The summed E-state index contributed by atoms with van der Waals surface area (Å²) in [6, 6.07) is 7.72. The van der Waals surface area contributed by atoms with Crippen LogP contribution in [0.4, 0.5) is 15.9 Å². The van der Waals surface area contributed by atoms with E-state index in [9.17, 15) is 9.18 Å². The Kier molecular flexibility index (Phi) is 5.27. The van der Waals surface area contributed by atoms with Crippen LogP contribution in [0.5, 0.6) is 0 Å². The topological polar surface area (TPSA) is 54.0 Å².